The molecule has 0 amide bonds. The molecule has 1 aromatic heterocycles. The van der Waals surface area contributed by atoms with Crippen molar-refractivity contribution in [2.45, 2.75) is 40.7 Å². The Bertz CT molecular complexity index is 556. The van der Waals surface area contributed by atoms with Crippen molar-refractivity contribution in [3.8, 4) is 5.69 Å². The summed E-state index contributed by atoms with van der Waals surface area (Å²) in [6.45, 7) is 10.4. The zero-order valence-corrected chi connectivity index (χ0v) is 11.8. The molecule has 1 heterocycles. The van der Waals surface area contributed by atoms with Gasteiger partial charge < -0.3 is 5.73 Å². The van der Waals surface area contributed by atoms with E-state index in [1.165, 1.54) is 22.4 Å². The lowest BCUT2D eigenvalue weighted by Crippen LogP contribution is -2.08. The van der Waals surface area contributed by atoms with E-state index >= 15 is 0 Å². The lowest BCUT2D eigenvalue weighted by molar-refractivity contribution is 0.793. The quantitative estimate of drug-likeness (QED) is 0.880. The van der Waals surface area contributed by atoms with E-state index in [9.17, 15) is 0 Å². The van der Waals surface area contributed by atoms with Crippen LogP contribution in [0.15, 0.2) is 18.3 Å². The van der Waals surface area contributed by atoms with Gasteiger partial charge in [0.1, 0.15) is 0 Å². The second-order valence-electron chi connectivity index (χ2n) is 5.13. The van der Waals surface area contributed by atoms with Gasteiger partial charge in [-0.15, -0.1) is 0 Å². The van der Waals surface area contributed by atoms with Crippen LogP contribution in [-0.4, -0.2) is 9.78 Å². The summed E-state index contributed by atoms with van der Waals surface area (Å²) in [5.41, 5.74) is 13.1. The molecule has 3 heteroatoms. The van der Waals surface area contributed by atoms with Crippen molar-refractivity contribution >= 4 is 0 Å². The van der Waals surface area contributed by atoms with E-state index < -0.39 is 0 Å². The van der Waals surface area contributed by atoms with Crippen LogP contribution in [0.5, 0.6) is 0 Å². The molecule has 0 saturated carbocycles. The second-order valence-corrected chi connectivity index (χ2v) is 5.13. The molecule has 0 spiro atoms. The smallest absolute Gasteiger partial charge is 0.0707 e. The van der Waals surface area contributed by atoms with E-state index in [2.05, 4.69) is 44.9 Å². The Morgan fingerprint density at radius 3 is 2.11 bits per heavy atom. The molecule has 18 heavy (non-hydrogen) atoms. The van der Waals surface area contributed by atoms with Gasteiger partial charge >= 0.3 is 0 Å². The van der Waals surface area contributed by atoms with Crippen LogP contribution in [0.25, 0.3) is 5.69 Å². The fourth-order valence-electron chi connectivity index (χ4n) is 2.60. The molecule has 3 nitrogen and oxygen atoms in total. The molecule has 1 atom stereocenters. The highest BCUT2D eigenvalue weighted by molar-refractivity contribution is 5.50. The summed E-state index contributed by atoms with van der Waals surface area (Å²) in [6.07, 6.45) is 1.87. The molecule has 2 aromatic rings. The van der Waals surface area contributed by atoms with Crippen LogP contribution in [0.2, 0.25) is 0 Å². The second kappa shape index (κ2) is 4.58. The molecule has 0 aliphatic heterocycles. The zero-order valence-electron chi connectivity index (χ0n) is 11.8. The lowest BCUT2D eigenvalue weighted by atomic mass is 10.0. The van der Waals surface area contributed by atoms with Crippen molar-refractivity contribution in [1.82, 2.24) is 9.78 Å². The molecule has 2 N–H and O–H groups in total. The Labute approximate surface area is 109 Å². The Morgan fingerprint density at radius 1 is 1.11 bits per heavy atom. The van der Waals surface area contributed by atoms with E-state index in [0.29, 0.717) is 0 Å². The number of benzene rings is 1. The van der Waals surface area contributed by atoms with Gasteiger partial charge in [-0.2, -0.15) is 5.10 Å². The first-order valence-electron chi connectivity index (χ1n) is 6.30. The van der Waals surface area contributed by atoms with E-state index in [1.807, 2.05) is 17.8 Å². The monoisotopic (exact) mass is 243 g/mol. The first-order valence-corrected chi connectivity index (χ1v) is 6.30. The van der Waals surface area contributed by atoms with Crippen molar-refractivity contribution in [1.29, 1.82) is 0 Å². The third kappa shape index (κ3) is 2.06. The Balaban J connectivity index is 2.63. The van der Waals surface area contributed by atoms with Crippen molar-refractivity contribution in [3.63, 3.8) is 0 Å². The third-order valence-corrected chi connectivity index (χ3v) is 3.39. The summed E-state index contributed by atoms with van der Waals surface area (Å²) >= 11 is 0. The molecule has 0 radical (unpaired) electrons. The van der Waals surface area contributed by atoms with Gasteiger partial charge in [-0.05, 0) is 45.7 Å². The summed E-state index contributed by atoms with van der Waals surface area (Å²) in [5.74, 6) is 0. The minimum atomic E-state index is 0.0183. The van der Waals surface area contributed by atoms with Crippen molar-refractivity contribution < 1.29 is 0 Å². The van der Waals surface area contributed by atoms with Gasteiger partial charge in [0.15, 0.2) is 0 Å². The van der Waals surface area contributed by atoms with Crippen LogP contribution < -0.4 is 5.73 Å². The standard InChI is InChI=1S/C15H21N3/c1-9-6-10(2)15(11(3)7-9)18-13(5)14(8-17-18)12(4)16/h6-8,12H,16H2,1-5H3. The Hall–Kier alpha value is -1.61. The van der Waals surface area contributed by atoms with Crippen LogP contribution in [0.4, 0.5) is 0 Å². The van der Waals surface area contributed by atoms with Crippen molar-refractivity contribution in [2.75, 3.05) is 0 Å². The largest absolute Gasteiger partial charge is 0.324 e. The maximum atomic E-state index is 5.95. The van der Waals surface area contributed by atoms with E-state index in [0.717, 1.165) is 11.3 Å². The van der Waals surface area contributed by atoms with Gasteiger partial charge in [0.25, 0.3) is 0 Å². The normalized spacial score (nSPS) is 12.8. The topological polar surface area (TPSA) is 43.8 Å². The van der Waals surface area contributed by atoms with Crippen molar-refractivity contribution in [3.05, 3.63) is 46.3 Å². The predicted molar refractivity (Wildman–Crippen MR) is 75.1 cm³/mol. The maximum absolute atomic E-state index is 5.95. The van der Waals surface area contributed by atoms with Gasteiger partial charge in [-0.3, -0.25) is 0 Å². The number of hydrogen-bond acceptors (Lipinski definition) is 2. The van der Waals surface area contributed by atoms with E-state index in [1.54, 1.807) is 0 Å². The molecule has 0 fully saturated rings. The molecular weight excluding hydrogens is 222 g/mol. The molecule has 0 saturated heterocycles. The average molecular weight is 243 g/mol. The Morgan fingerprint density at radius 2 is 1.67 bits per heavy atom. The van der Waals surface area contributed by atoms with Crippen molar-refractivity contribution in [2.24, 2.45) is 5.73 Å². The number of nitrogens with two attached hydrogens (primary N) is 1. The van der Waals surface area contributed by atoms with Crippen LogP contribution >= 0.6 is 0 Å². The summed E-state index contributed by atoms with van der Waals surface area (Å²) < 4.78 is 2.00. The highest BCUT2D eigenvalue weighted by Gasteiger charge is 2.14. The van der Waals surface area contributed by atoms with Crippen LogP contribution in [-0.2, 0) is 0 Å². The van der Waals surface area contributed by atoms with Gasteiger partial charge in [0.2, 0.25) is 0 Å². The highest BCUT2D eigenvalue weighted by Crippen LogP contribution is 2.24. The SMILES string of the molecule is Cc1cc(C)c(-n2ncc(C(C)N)c2C)c(C)c1. The van der Waals surface area contributed by atoms with E-state index in [-0.39, 0.29) is 6.04 Å². The first kappa shape index (κ1) is 12.8. The number of rotatable bonds is 2. The minimum absolute atomic E-state index is 0.0183. The van der Waals surface area contributed by atoms with Crippen LogP contribution in [0.3, 0.4) is 0 Å². The van der Waals surface area contributed by atoms with Gasteiger partial charge in [0.05, 0.1) is 11.9 Å². The fraction of sp³-hybridized carbons (Fsp3) is 0.400. The highest BCUT2D eigenvalue weighted by atomic mass is 15.3. The predicted octanol–water partition coefficient (Wildman–Crippen LogP) is 3.13. The molecule has 96 valence electrons. The number of nitrogens with zero attached hydrogens (tertiary/aromatic N) is 2. The fourth-order valence-corrected chi connectivity index (χ4v) is 2.60. The third-order valence-electron chi connectivity index (χ3n) is 3.39. The average Bonchev–Trinajstić information content (AvgIpc) is 2.59. The summed E-state index contributed by atoms with van der Waals surface area (Å²) in [4.78, 5) is 0. The first-order chi connectivity index (χ1) is 8.41. The van der Waals surface area contributed by atoms with E-state index in [4.69, 9.17) is 5.73 Å². The molecular formula is C15H21N3. The Kier molecular flexibility index (Phi) is 3.26. The minimum Gasteiger partial charge on any atom is -0.324 e. The summed E-state index contributed by atoms with van der Waals surface area (Å²) in [6, 6.07) is 4.40. The van der Waals surface area contributed by atoms with Gasteiger partial charge in [-0.25, -0.2) is 4.68 Å². The molecule has 0 bridgehead atoms. The maximum Gasteiger partial charge on any atom is 0.0707 e. The summed E-state index contributed by atoms with van der Waals surface area (Å²) in [7, 11) is 0. The van der Waals surface area contributed by atoms with Gasteiger partial charge in [0, 0.05) is 17.3 Å². The van der Waals surface area contributed by atoms with Crippen LogP contribution in [0, 0.1) is 27.7 Å². The molecule has 1 aromatic carbocycles. The number of hydrogen-bond donors (Lipinski definition) is 1. The lowest BCUT2D eigenvalue weighted by Gasteiger charge is -2.14. The molecule has 0 aliphatic rings. The number of aryl methyl sites for hydroxylation is 3. The van der Waals surface area contributed by atoms with Gasteiger partial charge in [-0.1, -0.05) is 17.7 Å². The number of aromatic nitrogens is 2. The molecule has 2 rings (SSSR count). The van der Waals surface area contributed by atoms with Crippen LogP contribution in [0.1, 0.15) is 40.9 Å². The molecule has 0 aliphatic carbocycles. The summed E-state index contributed by atoms with van der Waals surface area (Å²) in [5, 5.41) is 4.50. The zero-order chi connectivity index (χ0) is 13.4. The molecule has 1 unspecified atom stereocenters.